The predicted molar refractivity (Wildman–Crippen MR) is 133 cm³/mol. The number of hydrogen-bond donors (Lipinski definition) is 0. The summed E-state index contributed by atoms with van der Waals surface area (Å²) in [4.78, 5) is 33.8. The molecule has 8 nitrogen and oxygen atoms in total. The number of rotatable bonds is 2. The summed E-state index contributed by atoms with van der Waals surface area (Å²) in [7, 11) is 0. The first-order chi connectivity index (χ1) is 16.7. The minimum absolute atomic E-state index is 0.0515. The van der Waals surface area contributed by atoms with E-state index in [9.17, 15) is 10.1 Å². The third-order valence-corrected chi connectivity index (χ3v) is 8.62. The van der Waals surface area contributed by atoms with Crippen LogP contribution in [0.3, 0.4) is 0 Å². The molecule has 1 unspecified atom stereocenters. The zero-order valence-corrected chi connectivity index (χ0v) is 20.9. The molecule has 182 valence electrons. The molecule has 1 atom stereocenters. The molecule has 35 heavy (non-hydrogen) atoms. The van der Waals surface area contributed by atoms with Crippen molar-refractivity contribution in [2.24, 2.45) is 10.8 Å². The Morgan fingerprint density at radius 2 is 1.80 bits per heavy atom. The fourth-order valence-electron chi connectivity index (χ4n) is 6.61. The highest BCUT2D eigenvalue weighted by Gasteiger charge is 2.53. The maximum absolute atomic E-state index is 12.9. The lowest BCUT2D eigenvalue weighted by atomic mass is 9.66. The van der Waals surface area contributed by atoms with Gasteiger partial charge < -0.3 is 14.7 Å². The second-order valence-corrected chi connectivity index (χ2v) is 12.0. The quantitative estimate of drug-likeness (QED) is 0.658. The molecular weight excluding hydrogens is 438 g/mol. The summed E-state index contributed by atoms with van der Waals surface area (Å²) in [5, 5.41) is 9.39. The third kappa shape index (κ3) is 3.47. The summed E-state index contributed by atoms with van der Waals surface area (Å²) < 4.78 is 0. The lowest BCUT2D eigenvalue weighted by Crippen LogP contribution is -2.41. The lowest BCUT2D eigenvalue weighted by molar-refractivity contribution is -0.138. The SMILES string of the molecule is CC(C)(C)C(=O)N1CCC2(CCN(c3ncnc4c3C3(CCC3)CN4c3cc(C#N)ccn3)C2)C1. The summed E-state index contributed by atoms with van der Waals surface area (Å²) in [6, 6.07) is 5.83. The Kier molecular flexibility index (Phi) is 4.86. The first-order valence-corrected chi connectivity index (χ1v) is 12.8. The Morgan fingerprint density at radius 3 is 2.51 bits per heavy atom. The van der Waals surface area contributed by atoms with E-state index in [-0.39, 0.29) is 22.2 Å². The van der Waals surface area contributed by atoms with Crippen LogP contribution >= 0.6 is 0 Å². The van der Waals surface area contributed by atoms with Crippen molar-refractivity contribution in [2.45, 2.75) is 58.3 Å². The van der Waals surface area contributed by atoms with Crippen LogP contribution in [0.4, 0.5) is 17.5 Å². The van der Waals surface area contributed by atoms with E-state index in [0.29, 0.717) is 5.56 Å². The van der Waals surface area contributed by atoms with E-state index in [1.807, 2.05) is 26.8 Å². The summed E-state index contributed by atoms with van der Waals surface area (Å²) in [6.45, 7) is 10.5. The summed E-state index contributed by atoms with van der Waals surface area (Å²) >= 11 is 0. The number of carbonyl (C=O) groups is 1. The Balaban J connectivity index is 1.31. The van der Waals surface area contributed by atoms with E-state index in [0.717, 1.165) is 75.9 Å². The Morgan fingerprint density at radius 1 is 1.03 bits per heavy atom. The van der Waals surface area contributed by atoms with Gasteiger partial charge in [0.1, 0.15) is 23.8 Å². The van der Waals surface area contributed by atoms with Crippen LogP contribution in [0.1, 0.15) is 64.0 Å². The van der Waals surface area contributed by atoms with Crippen molar-refractivity contribution < 1.29 is 4.79 Å². The van der Waals surface area contributed by atoms with Gasteiger partial charge in [0.05, 0.1) is 11.6 Å². The number of amides is 1. The molecule has 0 radical (unpaired) electrons. The van der Waals surface area contributed by atoms with E-state index in [1.165, 1.54) is 12.0 Å². The number of nitriles is 1. The number of aromatic nitrogens is 3. The summed E-state index contributed by atoms with van der Waals surface area (Å²) in [6.07, 6.45) is 8.99. The monoisotopic (exact) mass is 471 g/mol. The second-order valence-electron chi connectivity index (χ2n) is 12.0. The molecule has 8 heteroatoms. The minimum atomic E-state index is -0.339. The van der Waals surface area contributed by atoms with E-state index >= 15 is 0 Å². The van der Waals surface area contributed by atoms with Crippen molar-refractivity contribution in [1.29, 1.82) is 5.26 Å². The highest BCUT2D eigenvalue weighted by Crippen LogP contribution is 2.57. The largest absolute Gasteiger partial charge is 0.356 e. The van der Waals surface area contributed by atoms with Crippen molar-refractivity contribution in [3.05, 3.63) is 35.8 Å². The van der Waals surface area contributed by atoms with Crippen LogP contribution in [0.15, 0.2) is 24.7 Å². The van der Waals surface area contributed by atoms with Gasteiger partial charge in [0.15, 0.2) is 0 Å². The van der Waals surface area contributed by atoms with Crippen LogP contribution in [0.2, 0.25) is 0 Å². The summed E-state index contributed by atoms with van der Waals surface area (Å²) in [5.74, 6) is 3.04. The number of pyridine rings is 1. The van der Waals surface area contributed by atoms with Crippen molar-refractivity contribution in [3.63, 3.8) is 0 Å². The molecule has 3 aliphatic heterocycles. The van der Waals surface area contributed by atoms with Crippen molar-refractivity contribution >= 4 is 23.4 Å². The van der Waals surface area contributed by atoms with Gasteiger partial charge in [-0.3, -0.25) is 4.79 Å². The number of fused-ring (bicyclic) bond motifs is 2. The number of likely N-dealkylation sites (tertiary alicyclic amines) is 1. The van der Waals surface area contributed by atoms with Gasteiger partial charge in [-0.2, -0.15) is 5.26 Å². The van der Waals surface area contributed by atoms with E-state index in [4.69, 9.17) is 9.97 Å². The maximum atomic E-state index is 12.9. The first-order valence-electron chi connectivity index (χ1n) is 12.8. The molecular formula is C27H33N7O. The van der Waals surface area contributed by atoms with Crippen LogP contribution in [0, 0.1) is 22.2 Å². The van der Waals surface area contributed by atoms with Gasteiger partial charge in [-0.25, -0.2) is 15.0 Å². The van der Waals surface area contributed by atoms with Gasteiger partial charge in [-0.05, 0) is 37.8 Å². The van der Waals surface area contributed by atoms with Crippen molar-refractivity contribution in [3.8, 4) is 6.07 Å². The van der Waals surface area contributed by atoms with Gasteiger partial charge >= 0.3 is 0 Å². The van der Waals surface area contributed by atoms with Crippen LogP contribution in [0.5, 0.6) is 0 Å². The van der Waals surface area contributed by atoms with Crippen LogP contribution in [-0.4, -0.2) is 58.5 Å². The van der Waals surface area contributed by atoms with Crippen LogP contribution < -0.4 is 9.80 Å². The molecule has 6 rings (SSSR count). The standard InChI is InChI=1S/C27H33N7O/c1-25(2,3)24(35)33-12-9-26(16-33)8-11-32(15-26)22-21-23(31-18-30-22)34(17-27(21)6-4-7-27)20-13-19(14-28)5-10-29-20/h5,10,13,18H,4,6-9,11-12,15-17H2,1-3H3. The first kappa shape index (κ1) is 22.3. The molecule has 2 saturated heterocycles. The van der Waals surface area contributed by atoms with E-state index < -0.39 is 0 Å². The minimum Gasteiger partial charge on any atom is -0.356 e. The smallest absolute Gasteiger partial charge is 0.227 e. The van der Waals surface area contributed by atoms with E-state index in [2.05, 4.69) is 25.8 Å². The average Bonchev–Trinajstić information content (AvgIpc) is 3.53. The molecule has 1 aliphatic carbocycles. The van der Waals surface area contributed by atoms with Crippen LogP contribution in [0.25, 0.3) is 0 Å². The normalized spacial score (nSPS) is 24.7. The van der Waals surface area contributed by atoms with Gasteiger partial charge in [-0.1, -0.05) is 27.2 Å². The Hall–Kier alpha value is -3.21. The molecule has 0 bridgehead atoms. The average molecular weight is 472 g/mol. The number of anilines is 3. The van der Waals surface area contributed by atoms with Gasteiger partial charge in [-0.15, -0.1) is 0 Å². The fourth-order valence-corrected chi connectivity index (χ4v) is 6.61. The molecule has 1 saturated carbocycles. The fraction of sp³-hybridized carbons (Fsp3) is 0.593. The summed E-state index contributed by atoms with van der Waals surface area (Å²) in [5.41, 5.74) is 1.72. The van der Waals surface area contributed by atoms with Crippen molar-refractivity contribution in [2.75, 3.05) is 42.5 Å². The third-order valence-electron chi connectivity index (χ3n) is 8.62. The molecule has 0 N–H and O–H groups in total. The molecule has 5 heterocycles. The lowest BCUT2D eigenvalue weighted by Gasteiger charge is -2.40. The number of nitrogens with zero attached hydrogens (tertiary/aromatic N) is 7. The topological polar surface area (TPSA) is 89.3 Å². The Labute approximate surface area is 207 Å². The predicted octanol–water partition coefficient (Wildman–Crippen LogP) is 3.79. The maximum Gasteiger partial charge on any atom is 0.227 e. The van der Waals surface area contributed by atoms with Crippen LogP contribution in [-0.2, 0) is 10.2 Å². The van der Waals surface area contributed by atoms with E-state index in [1.54, 1.807) is 18.6 Å². The molecule has 3 fully saturated rings. The van der Waals surface area contributed by atoms with Gasteiger partial charge in [0, 0.05) is 60.7 Å². The zero-order valence-electron chi connectivity index (χ0n) is 20.9. The number of hydrogen-bond acceptors (Lipinski definition) is 7. The second kappa shape index (κ2) is 7.64. The molecule has 0 aromatic carbocycles. The van der Waals surface area contributed by atoms with Gasteiger partial charge in [0.25, 0.3) is 0 Å². The Bertz CT molecular complexity index is 1220. The molecule has 2 spiro atoms. The van der Waals surface area contributed by atoms with Crippen molar-refractivity contribution in [1.82, 2.24) is 19.9 Å². The van der Waals surface area contributed by atoms with Gasteiger partial charge in [0.2, 0.25) is 5.91 Å². The molecule has 2 aromatic heterocycles. The molecule has 2 aromatic rings. The highest BCUT2D eigenvalue weighted by atomic mass is 16.2. The highest BCUT2D eigenvalue weighted by molar-refractivity contribution is 5.82. The molecule has 4 aliphatic rings. The number of carbonyl (C=O) groups excluding carboxylic acids is 1. The zero-order chi connectivity index (χ0) is 24.4. The molecule has 1 amide bonds.